The van der Waals surface area contributed by atoms with Gasteiger partial charge in [-0.25, -0.2) is 4.98 Å². The number of anilines is 1. The van der Waals surface area contributed by atoms with Gasteiger partial charge in [-0.2, -0.15) is 13.2 Å². The number of hydrogen-bond donors (Lipinski definition) is 1. The molecule has 0 saturated carbocycles. The Labute approximate surface area is 111 Å². The molecule has 0 amide bonds. The van der Waals surface area contributed by atoms with Crippen LogP contribution in [0.4, 0.5) is 19.0 Å². The maximum Gasteiger partial charge on any atom is 0.390 e. The Morgan fingerprint density at radius 1 is 1.32 bits per heavy atom. The molecule has 1 rings (SSSR count). The summed E-state index contributed by atoms with van der Waals surface area (Å²) < 4.78 is 36.7. The Morgan fingerprint density at radius 3 is 2.42 bits per heavy atom. The molecule has 0 aromatic carbocycles. The van der Waals surface area contributed by atoms with Crippen molar-refractivity contribution in [2.45, 2.75) is 38.9 Å². The van der Waals surface area contributed by atoms with E-state index in [1.165, 1.54) is 4.90 Å². The third kappa shape index (κ3) is 5.06. The summed E-state index contributed by atoms with van der Waals surface area (Å²) in [7, 11) is 1.61. The summed E-state index contributed by atoms with van der Waals surface area (Å²) >= 11 is 0. The standard InChI is InChI=1S/C13H20F3N3/c1-9(2)11-6-10(8-17)7-12(18-11)19(3)5-4-13(14,15)16/h6-7,9H,4-5,8,17H2,1-3H3. The van der Waals surface area contributed by atoms with E-state index in [0.717, 1.165) is 11.3 Å². The highest BCUT2D eigenvalue weighted by Gasteiger charge is 2.27. The number of nitrogens with two attached hydrogens (primary N) is 1. The molecular formula is C13H20F3N3. The number of hydrogen-bond acceptors (Lipinski definition) is 3. The van der Waals surface area contributed by atoms with Crippen LogP contribution in [0, 0.1) is 0 Å². The lowest BCUT2D eigenvalue weighted by atomic mass is 10.1. The Balaban J connectivity index is 2.89. The molecule has 0 fully saturated rings. The minimum absolute atomic E-state index is 0.109. The SMILES string of the molecule is CC(C)c1cc(CN)cc(N(C)CCC(F)(F)F)n1. The number of aromatic nitrogens is 1. The quantitative estimate of drug-likeness (QED) is 0.898. The summed E-state index contributed by atoms with van der Waals surface area (Å²) in [6, 6.07) is 3.63. The average molecular weight is 275 g/mol. The normalized spacial score (nSPS) is 12.0. The molecular weight excluding hydrogens is 255 g/mol. The van der Waals surface area contributed by atoms with Gasteiger partial charge in [-0.3, -0.25) is 0 Å². The van der Waals surface area contributed by atoms with Gasteiger partial charge in [0, 0.05) is 25.8 Å². The predicted molar refractivity (Wildman–Crippen MR) is 70.2 cm³/mol. The first-order valence-corrected chi connectivity index (χ1v) is 6.21. The predicted octanol–water partition coefficient (Wildman–Crippen LogP) is 3.05. The highest BCUT2D eigenvalue weighted by atomic mass is 19.4. The number of rotatable bonds is 5. The molecule has 0 atom stereocenters. The fourth-order valence-electron chi connectivity index (χ4n) is 1.61. The average Bonchev–Trinajstić information content (AvgIpc) is 2.34. The largest absolute Gasteiger partial charge is 0.390 e. The molecule has 3 nitrogen and oxygen atoms in total. The van der Waals surface area contributed by atoms with Crippen LogP contribution in [0.2, 0.25) is 0 Å². The van der Waals surface area contributed by atoms with E-state index in [-0.39, 0.29) is 12.5 Å². The molecule has 1 heterocycles. The lowest BCUT2D eigenvalue weighted by Gasteiger charge is -2.21. The molecule has 0 bridgehead atoms. The van der Waals surface area contributed by atoms with Crippen LogP contribution in [0.25, 0.3) is 0 Å². The van der Waals surface area contributed by atoms with Gasteiger partial charge in [-0.1, -0.05) is 13.8 Å². The molecule has 0 aliphatic rings. The van der Waals surface area contributed by atoms with Crippen LogP contribution in [-0.4, -0.2) is 24.8 Å². The van der Waals surface area contributed by atoms with Crippen molar-refractivity contribution in [2.75, 3.05) is 18.5 Å². The van der Waals surface area contributed by atoms with Crippen molar-refractivity contribution in [1.82, 2.24) is 4.98 Å². The van der Waals surface area contributed by atoms with Gasteiger partial charge in [0.1, 0.15) is 5.82 Å². The van der Waals surface area contributed by atoms with Crippen molar-refractivity contribution < 1.29 is 13.2 Å². The van der Waals surface area contributed by atoms with Gasteiger partial charge in [-0.15, -0.1) is 0 Å². The lowest BCUT2D eigenvalue weighted by molar-refractivity contribution is -0.132. The molecule has 0 aliphatic carbocycles. The fraction of sp³-hybridized carbons (Fsp3) is 0.615. The van der Waals surface area contributed by atoms with Crippen LogP contribution in [0.3, 0.4) is 0 Å². The smallest absolute Gasteiger partial charge is 0.359 e. The van der Waals surface area contributed by atoms with Crippen LogP contribution in [-0.2, 0) is 6.54 Å². The van der Waals surface area contributed by atoms with Crippen molar-refractivity contribution in [3.63, 3.8) is 0 Å². The molecule has 0 radical (unpaired) electrons. The number of alkyl halides is 3. The second-order valence-corrected chi connectivity index (χ2v) is 4.90. The van der Waals surface area contributed by atoms with E-state index in [2.05, 4.69) is 4.98 Å². The van der Waals surface area contributed by atoms with E-state index in [1.807, 2.05) is 19.9 Å². The van der Waals surface area contributed by atoms with E-state index in [9.17, 15) is 13.2 Å². The van der Waals surface area contributed by atoms with Crippen molar-refractivity contribution >= 4 is 5.82 Å². The lowest BCUT2D eigenvalue weighted by Crippen LogP contribution is -2.25. The van der Waals surface area contributed by atoms with Crippen LogP contribution in [0.5, 0.6) is 0 Å². The zero-order chi connectivity index (χ0) is 14.6. The van der Waals surface area contributed by atoms with Crippen molar-refractivity contribution in [2.24, 2.45) is 5.73 Å². The van der Waals surface area contributed by atoms with Crippen LogP contribution < -0.4 is 10.6 Å². The Hall–Kier alpha value is -1.30. The Kier molecular flexibility index (Phi) is 5.17. The molecule has 19 heavy (non-hydrogen) atoms. The number of halogens is 3. The second-order valence-electron chi connectivity index (χ2n) is 4.90. The summed E-state index contributed by atoms with van der Waals surface area (Å²) in [4.78, 5) is 5.90. The van der Waals surface area contributed by atoms with Gasteiger partial charge in [-0.05, 0) is 23.6 Å². The van der Waals surface area contributed by atoms with E-state index >= 15 is 0 Å². The number of pyridine rings is 1. The van der Waals surface area contributed by atoms with Gasteiger partial charge in [0.05, 0.1) is 6.42 Å². The maximum atomic E-state index is 12.2. The highest BCUT2D eigenvalue weighted by molar-refractivity contribution is 5.42. The Bertz CT molecular complexity index is 416. The summed E-state index contributed by atoms with van der Waals surface area (Å²) in [5, 5.41) is 0. The summed E-state index contributed by atoms with van der Waals surface area (Å²) in [5.41, 5.74) is 7.33. The number of nitrogens with zero attached hydrogens (tertiary/aromatic N) is 2. The molecule has 1 aromatic rings. The van der Waals surface area contributed by atoms with Crippen molar-refractivity contribution in [1.29, 1.82) is 0 Å². The van der Waals surface area contributed by atoms with E-state index in [4.69, 9.17) is 5.73 Å². The zero-order valence-electron chi connectivity index (χ0n) is 11.5. The summed E-state index contributed by atoms with van der Waals surface area (Å²) in [5.74, 6) is 0.747. The van der Waals surface area contributed by atoms with Gasteiger partial charge in [0.25, 0.3) is 0 Å². The van der Waals surface area contributed by atoms with Crippen LogP contribution in [0.1, 0.15) is 37.4 Å². The third-order valence-corrected chi connectivity index (χ3v) is 2.84. The first-order valence-electron chi connectivity index (χ1n) is 6.21. The molecule has 2 N–H and O–H groups in total. The first kappa shape index (κ1) is 15.8. The summed E-state index contributed by atoms with van der Waals surface area (Å²) in [6.45, 7) is 4.22. The molecule has 108 valence electrons. The Morgan fingerprint density at radius 2 is 1.95 bits per heavy atom. The highest BCUT2D eigenvalue weighted by Crippen LogP contribution is 2.23. The van der Waals surface area contributed by atoms with E-state index < -0.39 is 12.6 Å². The fourth-order valence-corrected chi connectivity index (χ4v) is 1.61. The monoisotopic (exact) mass is 275 g/mol. The first-order chi connectivity index (χ1) is 8.73. The molecule has 0 unspecified atom stereocenters. The molecule has 6 heteroatoms. The van der Waals surface area contributed by atoms with Gasteiger partial charge < -0.3 is 10.6 Å². The molecule has 1 aromatic heterocycles. The van der Waals surface area contributed by atoms with E-state index in [0.29, 0.717) is 12.4 Å². The zero-order valence-corrected chi connectivity index (χ0v) is 11.5. The van der Waals surface area contributed by atoms with Gasteiger partial charge in [0.2, 0.25) is 0 Å². The third-order valence-electron chi connectivity index (χ3n) is 2.84. The van der Waals surface area contributed by atoms with Crippen LogP contribution in [0.15, 0.2) is 12.1 Å². The summed E-state index contributed by atoms with van der Waals surface area (Å²) in [6.07, 6.45) is -5.00. The van der Waals surface area contributed by atoms with Gasteiger partial charge in [0.15, 0.2) is 0 Å². The van der Waals surface area contributed by atoms with Crippen LogP contribution >= 0.6 is 0 Å². The molecule has 0 aliphatic heterocycles. The minimum Gasteiger partial charge on any atom is -0.359 e. The van der Waals surface area contributed by atoms with E-state index in [1.54, 1.807) is 13.1 Å². The van der Waals surface area contributed by atoms with Gasteiger partial charge >= 0.3 is 6.18 Å². The minimum atomic E-state index is -4.15. The second kappa shape index (κ2) is 6.23. The van der Waals surface area contributed by atoms with Crippen molar-refractivity contribution in [3.05, 3.63) is 23.4 Å². The molecule has 0 spiro atoms. The maximum absolute atomic E-state index is 12.2. The molecule has 0 saturated heterocycles. The topological polar surface area (TPSA) is 42.1 Å². The van der Waals surface area contributed by atoms with Crippen molar-refractivity contribution in [3.8, 4) is 0 Å².